The standard InChI is InChI=1S/C31H37FN6.C2H2/c1-9-12-29(38-17-20(6)34-18-38)31-22(8)36-30(37-31)15-24-14-26(27(32)16-28(24)33)23(10-2)13-25(11-3)35-21(7)19(4)5;1-2/h9-14,16-19,35H,1,3,7,15,33H2,2,4-6,8H3,(H,36,37);1-2H/b23-10+,25-13+,29-12+;. The third-order valence-electron chi connectivity index (χ3n) is 6.18. The first kappa shape index (κ1) is 31.4. The predicted octanol–water partition coefficient (Wildman–Crippen LogP) is 7.09. The molecule has 208 valence electrons. The molecule has 1 aromatic carbocycles. The number of nitrogens with one attached hydrogen (secondary N) is 2. The van der Waals surface area contributed by atoms with Gasteiger partial charge in [-0.1, -0.05) is 45.7 Å². The minimum absolute atomic E-state index is 0.244. The van der Waals surface area contributed by atoms with E-state index in [0.717, 1.165) is 39.7 Å². The van der Waals surface area contributed by atoms with Gasteiger partial charge in [-0.15, -0.1) is 12.8 Å². The lowest BCUT2D eigenvalue weighted by atomic mass is 9.98. The highest BCUT2D eigenvalue weighted by molar-refractivity contribution is 5.77. The van der Waals surface area contributed by atoms with Gasteiger partial charge in [0.1, 0.15) is 17.3 Å². The summed E-state index contributed by atoms with van der Waals surface area (Å²) >= 11 is 0. The summed E-state index contributed by atoms with van der Waals surface area (Å²) in [6.45, 7) is 21.6. The number of halogens is 1. The molecule has 0 aliphatic heterocycles. The van der Waals surface area contributed by atoms with Crippen LogP contribution >= 0.6 is 0 Å². The van der Waals surface area contributed by atoms with Gasteiger partial charge in [0, 0.05) is 41.0 Å². The first-order valence-electron chi connectivity index (χ1n) is 12.8. The number of hydrogen-bond acceptors (Lipinski definition) is 4. The SMILES string of the molecule is C#C.C=C/C=C(\c1nc(Cc2cc(C(/C=C(\C=C)NC(=C)C(C)C)=C/C)c(F)cc2N)[nH]c1C)n1cnc(C)c1. The van der Waals surface area contributed by atoms with Crippen LogP contribution in [0.3, 0.4) is 0 Å². The average Bonchev–Trinajstić information content (AvgIpc) is 3.52. The van der Waals surface area contributed by atoms with E-state index in [2.05, 4.69) is 47.9 Å². The zero-order valence-corrected chi connectivity index (χ0v) is 24.1. The minimum atomic E-state index is -0.398. The highest BCUT2D eigenvalue weighted by Gasteiger charge is 2.17. The molecule has 2 heterocycles. The molecule has 0 fully saturated rings. The van der Waals surface area contributed by atoms with Crippen LogP contribution in [0.25, 0.3) is 11.3 Å². The summed E-state index contributed by atoms with van der Waals surface area (Å²) in [5.41, 5.74) is 13.5. The number of benzene rings is 1. The lowest BCUT2D eigenvalue weighted by Crippen LogP contribution is -2.14. The van der Waals surface area contributed by atoms with E-state index in [1.807, 2.05) is 63.6 Å². The normalized spacial score (nSPS) is 12.1. The highest BCUT2D eigenvalue weighted by atomic mass is 19.1. The highest BCUT2D eigenvalue weighted by Crippen LogP contribution is 2.28. The van der Waals surface area contributed by atoms with Gasteiger partial charge in [-0.3, -0.25) is 0 Å². The Morgan fingerprint density at radius 2 is 1.95 bits per heavy atom. The van der Waals surface area contributed by atoms with Crippen molar-refractivity contribution in [3.05, 3.63) is 126 Å². The second-order valence-corrected chi connectivity index (χ2v) is 9.43. The van der Waals surface area contributed by atoms with E-state index in [1.54, 1.807) is 24.5 Å². The topological polar surface area (TPSA) is 84.5 Å². The minimum Gasteiger partial charge on any atom is -0.398 e. The summed E-state index contributed by atoms with van der Waals surface area (Å²) in [6.07, 6.45) is 21.1. The number of aryl methyl sites for hydroxylation is 2. The fourth-order valence-electron chi connectivity index (χ4n) is 3.96. The number of imidazole rings is 2. The molecule has 0 unspecified atom stereocenters. The zero-order valence-electron chi connectivity index (χ0n) is 24.1. The number of nitrogens with zero attached hydrogens (tertiary/aromatic N) is 3. The fourth-order valence-corrected chi connectivity index (χ4v) is 3.96. The molecule has 0 atom stereocenters. The molecule has 0 aliphatic rings. The van der Waals surface area contributed by atoms with Crippen molar-refractivity contribution in [1.82, 2.24) is 24.8 Å². The number of H-pyrrole nitrogens is 1. The molecule has 7 heteroatoms. The molecular formula is C33H39FN6. The molecule has 6 nitrogen and oxygen atoms in total. The van der Waals surface area contributed by atoms with Gasteiger partial charge in [0.25, 0.3) is 0 Å². The summed E-state index contributed by atoms with van der Waals surface area (Å²) in [5.74, 6) is 0.561. The van der Waals surface area contributed by atoms with Crippen molar-refractivity contribution in [3.8, 4) is 12.8 Å². The van der Waals surface area contributed by atoms with Crippen molar-refractivity contribution >= 4 is 17.0 Å². The van der Waals surface area contributed by atoms with E-state index < -0.39 is 5.82 Å². The molecule has 4 N–H and O–H groups in total. The van der Waals surface area contributed by atoms with Crippen LogP contribution in [0.15, 0.2) is 86.2 Å². The fraction of sp³-hybridized carbons (Fsp3) is 0.212. The van der Waals surface area contributed by atoms with Gasteiger partial charge < -0.3 is 20.6 Å². The van der Waals surface area contributed by atoms with Crippen molar-refractivity contribution in [2.24, 2.45) is 5.92 Å². The van der Waals surface area contributed by atoms with Crippen molar-refractivity contribution in [2.75, 3.05) is 5.73 Å². The van der Waals surface area contributed by atoms with Crippen LogP contribution in [0, 0.1) is 38.4 Å². The number of terminal acetylenes is 1. The Labute approximate surface area is 237 Å². The molecule has 0 spiro atoms. The third-order valence-corrected chi connectivity index (χ3v) is 6.18. The van der Waals surface area contributed by atoms with Crippen LogP contribution in [-0.4, -0.2) is 19.5 Å². The van der Waals surface area contributed by atoms with Gasteiger partial charge in [-0.2, -0.15) is 0 Å². The Hall–Kier alpha value is -4.83. The number of allylic oxidation sites excluding steroid dienone is 7. The first-order chi connectivity index (χ1) is 19.1. The monoisotopic (exact) mass is 538 g/mol. The van der Waals surface area contributed by atoms with Crippen LogP contribution in [0.4, 0.5) is 10.1 Å². The van der Waals surface area contributed by atoms with Crippen molar-refractivity contribution in [2.45, 2.75) is 41.0 Å². The molecular weight excluding hydrogens is 499 g/mol. The quantitative estimate of drug-likeness (QED) is 0.138. The Bertz CT molecular complexity index is 1490. The maximum Gasteiger partial charge on any atom is 0.133 e. The van der Waals surface area contributed by atoms with E-state index in [9.17, 15) is 0 Å². The van der Waals surface area contributed by atoms with Gasteiger partial charge in [0.15, 0.2) is 0 Å². The summed E-state index contributed by atoms with van der Waals surface area (Å²) < 4.78 is 17.1. The number of rotatable bonds is 11. The van der Waals surface area contributed by atoms with Crippen LogP contribution in [0.5, 0.6) is 0 Å². The van der Waals surface area contributed by atoms with Crippen LogP contribution in [-0.2, 0) is 6.42 Å². The zero-order chi connectivity index (χ0) is 30.0. The van der Waals surface area contributed by atoms with E-state index >= 15 is 4.39 Å². The van der Waals surface area contributed by atoms with Crippen LogP contribution in [0.1, 0.15) is 54.8 Å². The summed E-state index contributed by atoms with van der Waals surface area (Å²) in [6, 6.07) is 3.15. The summed E-state index contributed by atoms with van der Waals surface area (Å²) in [7, 11) is 0. The first-order valence-corrected chi connectivity index (χ1v) is 12.8. The van der Waals surface area contributed by atoms with Crippen LogP contribution in [0.2, 0.25) is 0 Å². The number of hydrogen-bond donors (Lipinski definition) is 3. The Balaban J connectivity index is 0.00000274. The van der Waals surface area contributed by atoms with Gasteiger partial charge >= 0.3 is 0 Å². The second kappa shape index (κ2) is 14.4. The van der Waals surface area contributed by atoms with Gasteiger partial charge in [0.05, 0.1) is 17.7 Å². The van der Waals surface area contributed by atoms with Crippen molar-refractivity contribution < 1.29 is 4.39 Å². The molecule has 40 heavy (non-hydrogen) atoms. The summed E-state index contributed by atoms with van der Waals surface area (Å²) in [5, 5.41) is 3.26. The largest absolute Gasteiger partial charge is 0.398 e. The molecule has 0 radical (unpaired) electrons. The Morgan fingerprint density at radius 3 is 2.50 bits per heavy atom. The lowest BCUT2D eigenvalue weighted by Gasteiger charge is -2.15. The lowest BCUT2D eigenvalue weighted by molar-refractivity contribution is 0.624. The number of anilines is 1. The van der Waals surface area contributed by atoms with Gasteiger partial charge in [-0.25, -0.2) is 14.4 Å². The second-order valence-electron chi connectivity index (χ2n) is 9.43. The van der Waals surface area contributed by atoms with E-state index in [0.29, 0.717) is 29.1 Å². The number of aromatic nitrogens is 4. The Morgan fingerprint density at radius 1 is 1.25 bits per heavy atom. The number of aromatic amines is 1. The molecule has 0 aliphatic carbocycles. The maximum atomic E-state index is 15.1. The van der Waals surface area contributed by atoms with E-state index in [4.69, 9.17) is 10.7 Å². The molecule has 0 bridgehead atoms. The van der Waals surface area contributed by atoms with Crippen LogP contribution < -0.4 is 11.1 Å². The average molecular weight is 539 g/mol. The molecule has 0 saturated heterocycles. The molecule has 3 rings (SSSR count). The predicted molar refractivity (Wildman–Crippen MR) is 166 cm³/mol. The molecule has 2 aromatic heterocycles. The molecule has 0 saturated carbocycles. The Kier molecular flexibility index (Phi) is 11.3. The van der Waals surface area contributed by atoms with Gasteiger partial charge in [0.2, 0.25) is 0 Å². The smallest absolute Gasteiger partial charge is 0.133 e. The van der Waals surface area contributed by atoms with Gasteiger partial charge in [-0.05, 0) is 68.2 Å². The maximum absolute atomic E-state index is 15.1. The summed E-state index contributed by atoms with van der Waals surface area (Å²) in [4.78, 5) is 12.5. The van der Waals surface area contributed by atoms with Crippen molar-refractivity contribution in [1.29, 1.82) is 0 Å². The van der Waals surface area contributed by atoms with E-state index in [1.165, 1.54) is 6.07 Å². The molecule has 3 aromatic rings. The number of nitrogens with two attached hydrogens (primary N) is 1. The molecule has 0 amide bonds. The third kappa shape index (κ3) is 7.61. The number of nitrogen functional groups attached to an aromatic ring is 1. The van der Waals surface area contributed by atoms with E-state index in [-0.39, 0.29) is 5.92 Å². The van der Waals surface area contributed by atoms with Crippen molar-refractivity contribution in [3.63, 3.8) is 0 Å².